The minimum atomic E-state index is -0.443. The van der Waals surface area contributed by atoms with Gasteiger partial charge < -0.3 is 10.2 Å². The molecule has 1 aromatic carbocycles. The number of aromatic amines is 2. The molecule has 0 aliphatic carbocycles. The van der Waals surface area contributed by atoms with Crippen LogP contribution in [0.3, 0.4) is 0 Å². The molecule has 1 atom stereocenters. The molecule has 1 aliphatic rings. The number of carbonyl (C=O) groups excluding carboxylic acids is 1. The van der Waals surface area contributed by atoms with Gasteiger partial charge in [-0.25, -0.2) is 0 Å². The Morgan fingerprint density at radius 3 is 2.88 bits per heavy atom. The first-order valence-electron chi connectivity index (χ1n) is 8.41. The first-order chi connectivity index (χ1) is 12.0. The van der Waals surface area contributed by atoms with Crippen molar-refractivity contribution < 1.29 is 4.79 Å². The van der Waals surface area contributed by atoms with Gasteiger partial charge in [-0.15, -0.1) is 0 Å². The molecular formula is C18H22N4O3. The van der Waals surface area contributed by atoms with Crippen molar-refractivity contribution in [2.45, 2.75) is 19.8 Å². The number of nitrogens with one attached hydrogen (secondary N) is 3. The minimum absolute atomic E-state index is 0.0898. The van der Waals surface area contributed by atoms with Crippen molar-refractivity contribution in [3.05, 3.63) is 62.2 Å². The van der Waals surface area contributed by atoms with Crippen LogP contribution < -0.4 is 21.3 Å². The second-order valence-electron chi connectivity index (χ2n) is 6.48. The molecule has 2 heterocycles. The molecule has 1 fully saturated rings. The molecule has 0 saturated carbocycles. The zero-order valence-corrected chi connectivity index (χ0v) is 14.2. The molecule has 1 aliphatic heterocycles. The lowest BCUT2D eigenvalue weighted by Gasteiger charge is -2.21. The van der Waals surface area contributed by atoms with Gasteiger partial charge in [-0.2, -0.15) is 0 Å². The third-order valence-electron chi connectivity index (χ3n) is 4.58. The molecule has 0 radical (unpaired) electrons. The van der Waals surface area contributed by atoms with Crippen LogP contribution in [0.5, 0.6) is 0 Å². The Kier molecular flexibility index (Phi) is 5.02. The van der Waals surface area contributed by atoms with Crippen molar-refractivity contribution in [2.75, 3.05) is 24.5 Å². The fraction of sp³-hybridized carbons (Fsp3) is 0.389. The summed E-state index contributed by atoms with van der Waals surface area (Å²) in [5.41, 5.74) is 1.80. The van der Waals surface area contributed by atoms with E-state index < -0.39 is 11.1 Å². The maximum atomic E-state index is 12.0. The fourth-order valence-corrected chi connectivity index (χ4v) is 3.22. The smallest absolute Gasteiger partial charge is 0.266 e. The van der Waals surface area contributed by atoms with Crippen LogP contribution in [0.2, 0.25) is 0 Å². The Morgan fingerprint density at radius 1 is 1.28 bits per heavy atom. The topological polar surface area (TPSA) is 98.1 Å². The minimum Gasteiger partial charge on any atom is -0.371 e. The van der Waals surface area contributed by atoms with E-state index in [1.54, 1.807) is 0 Å². The summed E-state index contributed by atoms with van der Waals surface area (Å²) in [4.78, 5) is 37.2. The largest absolute Gasteiger partial charge is 0.371 e. The van der Waals surface area contributed by atoms with Crippen LogP contribution in [0.1, 0.15) is 17.5 Å². The van der Waals surface area contributed by atoms with Gasteiger partial charge in [0.1, 0.15) is 0 Å². The van der Waals surface area contributed by atoms with Crippen molar-refractivity contribution in [1.29, 1.82) is 0 Å². The Morgan fingerprint density at radius 2 is 2.08 bits per heavy atom. The van der Waals surface area contributed by atoms with Crippen molar-refractivity contribution in [3.63, 3.8) is 0 Å². The van der Waals surface area contributed by atoms with Crippen molar-refractivity contribution in [2.24, 2.45) is 5.92 Å². The number of hydrogen-bond acceptors (Lipinski definition) is 4. The summed E-state index contributed by atoms with van der Waals surface area (Å²) in [7, 11) is 0. The second kappa shape index (κ2) is 7.38. The zero-order chi connectivity index (χ0) is 17.8. The fourth-order valence-electron chi connectivity index (χ4n) is 3.22. The predicted octanol–water partition coefficient (Wildman–Crippen LogP) is 0.557. The standard InChI is InChI=1S/C18H22N4O3/c1-12-4-2-3-5-15(12)22-7-6-13(11-22)10-19-16(23)8-14-9-17(24)20-21-18(14)25/h2-5,9,13H,6-8,10-11H2,1H3,(H,19,23)(H,20,24)(H,21,25)/t13-/m1/s1. The normalized spacial score (nSPS) is 16.8. The first kappa shape index (κ1) is 17.0. The molecule has 25 heavy (non-hydrogen) atoms. The quantitative estimate of drug-likeness (QED) is 0.739. The third kappa shape index (κ3) is 4.17. The number of nitrogens with zero attached hydrogens (tertiary/aromatic N) is 1. The van der Waals surface area contributed by atoms with E-state index in [1.807, 2.05) is 12.1 Å². The molecule has 1 saturated heterocycles. The number of aromatic nitrogens is 2. The summed E-state index contributed by atoms with van der Waals surface area (Å²) in [6.45, 7) is 4.54. The summed E-state index contributed by atoms with van der Waals surface area (Å²) < 4.78 is 0. The van der Waals surface area contributed by atoms with E-state index in [-0.39, 0.29) is 17.9 Å². The van der Waals surface area contributed by atoms with Gasteiger partial charge in [-0.1, -0.05) is 18.2 Å². The highest BCUT2D eigenvalue weighted by Crippen LogP contribution is 2.26. The molecule has 0 spiro atoms. The Labute approximate surface area is 145 Å². The van der Waals surface area contributed by atoms with E-state index in [4.69, 9.17) is 0 Å². The van der Waals surface area contributed by atoms with Crippen LogP contribution in [-0.2, 0) is 11.2 Å². The van der Waals surface area contributed by atoms with E-state index in [1.165, 1.54) is 11.3 Å². The van der Waals surface area contributed by atoms with Gasteiger partial charge in [0.15, 0.2) is 0 Å². The maximum Gasteiger partial charge on any atom is 0.266 e. The molecule has 0 bridgehead atoms. The lowest BCUT2D eigenvalue weighted by molar-refractivity contribution is -0.120. The molecule has 1 aromatic heterocycles. The van der Waals surface area contributed by atoms with Gasteiger partial charge in [-0.3, -0.25) is 24.6 Å². The lowest BCUT2D eigenvalue weighted by Crippen LogP contribution is -2.34. The van der Waals surface area contributed by atoms with E-state index in [0.29, 0.717) is 12.5 Å². The molecule has 2 aromatic rings. The van der Waals surface area contributed by atoms with Crippen LogP contribution in [-0.4, -0.2) is 35.7 Å². The van der Waals surface area contributed by atoms with Gasteiger partial charge in [-0.05, 0) is 30.9 Å². The maximum absolute atomic E-state index is 12.0. The number of para-hydroxylation sites is 1. The summed E-state index contributed by atoms with van der Waals surface area (Å²) in [5, 5.41) is 7.28. The lowest BCUT2D eigenvalue weighted by atomic mass is 10.1. The Balaban J connectivity index is 1.52. The Hall–Kier alpha value is -2.83. The first-order valence-corrected chi connectivity index (χ1v) is 8.41. The molecule has 7 heteroatoms. The third-order valence-corrected chi connectivity index (χ3v) is 4.58. The summed E-state index contributed by atoms with van der Waals surface area (Å²) in [5.74, 6) is 0.131. The average molecular weight is 342 g/mol. The van der Waals surface area contributed by atoms with Crippen LogP contribution in [0, 0.1) is 12.8 Å². The van der Waals surface area contributed by atoms with Crippen molar-refractivity contribution in [3.8, 4) is 0 Å². The van der Waals surface area contributed by atoms with E-state index in [9.17, 15) is 14.4 Å². The second-order valence-corrected chi connectivity index (χ2v) is 6.48. The molecule has 0 unspecified atom stereocenters. The summed E-state index contributed by atoms with van der Waals surface area (Å²) in [6.07, 6.45) is 0.924. The van der Waals surface area contributed by atoms with Crippen LogP contribution in [0.25, 0.3) is 0 Å². The number of hydrogen-bond donors (Lipinski definition) is 3. The van der Waals surface area contributed by atoms with Crippen LogP contribution >= 0.6 is 0 Å². The highest BCUT2D eigenvalue weighted by atomic mass is 16.2. The highest BCUT2D eigenvalue weighted by Gasteiger charge is 2.24. The Bertz CT molecular complexity index is 871. The number of carbonyl (C=O) groups is 1. The number of H-pyrrole nitrogens is 2. The van der Waals surface area contributed by atoms with Gasteiger partial charge in [0.25, 0.3) is 11.1 Å². The van der Waals surface area contributed by atoms with Crippen LogP contribution in [0.4, 0.5) is 5.69 Å². The predicted molar refractivity (Wildman–Crippen MR) is 95.9 cm³/mol. The van der Waals surface area contributed by atoms with Crippen LogP contribution in [0.15, 0.2) is 39.9 Å². The van der Waals surface area contributed by atoms with E-state index >= 15 is 0 Å². The highest BCUT2D eigenvalue weighted by molar-refractivity contribution is 5.78. The molecule has 1 amide bonds. The van der Waals surface area contributed by atoms with Crippen molar-refractivity contribution in [1.82, 2.24) is 15.5 Å². The van der Waals surface area contributed by atoms with Gasteiger partial charge in [0.2, 0.25) is 5.91 Å². The number of aryl methyl sites for hydroxylation is 1. The summed E-state index contributed by atoms with van der Waals surface area (Å²) >= 11 is 0. The average Bonchev–Trinajstić information content (AvgIpc) is 3.05. The molecular weight excluding hydrogens is 320 g/mol. The molecule has 132 valence electrons. The SMILES string of the molecule is Cc1ccccc1N1CC[C@H](CNC(=O)Cc2cc(=O)[nH][nH]c2=O)C1. The zero-order valence-electron chi connectivity index (χ0n) is 14.2. The number of rotatable bonds is 5. The van der Waals surface area contributed by atoms with E-state index in [0.717, 1.165) is 25.6 Å². The monoisotopic (exact) mass is 342 g/mol. The number of benzene rings is 1. The number of amides is 1. The van der Waals surface area contributed by atoms with Crippen molar-refractivity contribution >= 4 is 11.6 Å². The molecule has 3 N–H and O–H groups in total. The molecule has 3 rings (SSSR count). The molecule has 7 nitrogen and oxygen atoms in total. The van der Waals surface area contributed by atoms with Gasteiger partial charge in [0, 0.05) is 37.0 Å². The van der Waals surface area contributed by atoms with Gasteiger partial charge in [0.05, 0.1) is 6.42 Å². The van der Waals surface area contributed by atoms with Gasteiger partial charge >= 0.3 is 0 Å². The van der Waals surface area contributed by atoms with E-state index in [2.05, 4.69) is 39.5 Å². The summed E-state index contributed by atoms with van der Waals surface area (Å²) in [6, 6.07) is 9.45. The number of anilines is 1.